The van der Waals surface area contributed by atoms with E-state index in [0.29, 0.717) is 18.7 Å². The van der Waals surface area contributed by atoms with Crippen molar-refractivity contribution in [1.29, 1.82) is 0 Å². The van der Waals surface area contributed by atoms with Gasteiger partial charge in [0.1, 0.15) is 23.9 Å². The number of benzene rings is 3. The van der Waals surface area contributed by atoms with Crippen LogP contribution in [0.2, 0.25) is 0 Å². The second kappa shape index (κ2) is 8.90. The third-order valence-electron chi connectivity index (χ3n) is 3.91. The van der Waals surface area contributed by atoms with E-state index < -0.39 is 0 Å². The predicted octanol–water partition coefficient (Wildman–Crippen LogP) is 5.42. The van der Waals surface area contributed by atoms with E-state index in [1.165, 1.54) is 6.07 Å². The van der Waals surface area contributed by atoms with Crippen molar-refractivity contribution in [3.8, 4) is 11.5 Å². The predicted molar refractivity (Wildman–Crippen MR) is 102 cm³/mol. The lowest BCUT2D eigenvalue weighted by Crippen LogP contribution is -2.01. The normalized spacial score (nSPS) is 10.4. The summed E-state index contributed by atoms with van der Waals surface area (Å²) in [5, 5.41) is 3.37. The summed E-state index contributed by atoms with van der Waals surface area (Å²) in [6.07, 6.45) is 0. The summed E-state index contributed by atoms with van der Waals surface area (Å²) in [7, 11) is 0. The number of hydrogen-bond acceptors (Lipinski definition) is 3. The van der Waals surface area contributed by atoms with Gasteiger partial charge in [-0.3, -0.25) is 0 Å². The highest BCUT2D eigenvalue weighted by Gasteiger charge is 2.03. The van der Waals surface area contributed by atoms with Gasteiger partial charge < -0.3 is 14.8 Å². The lowest BCUT2D eigenvalue weighted by Gasteiger charge is -2.11. The quantitative estimate of drug-likeness (QED) is 0.588. The Hall–Kier alpha value is -3.01. The molecule has 3 rings (SSSR count). The molecular weight excluding hydrogens is 329 g/mol. The van der Waals surface area contributed by atoms with Crippen LogP contribution in [-0.4, -0.2) is 6.61 Å². The van der Waals surface area contributed by atoms with E-state index in [0.717, 1.165) is 22.7 Å². The second-order valence-electron chi connectivity index (χ2n) is 5.84. The SMILES string of the molecule is CCOc1ccc(NCc2cccc(OCc3ccccc3F)c2)cc1. The van der Waals surface area contributed by atoms with Crippen LogP contribution in [0.15, 0.2) is 72.8 Å². The average molecular weight is 351 g/mol. The van der Waals surface area contributed by atoms with Crippen LogP contribution >= 0.6 is 0 Å². The molecule has 0 aromatic heterocycles. The summed E-state index contributed by atoms with van der Waals surface area (Å²) in [6, 6.07) is 22.3. The minimum Gasteiger partial charge on any atom is -0.494 e. The van der Waals surface area contributed by atoms with E-state index >= 15 is 0 Å². The number of rotatable bonds is 8. The van der Waals surface area contributed by atoms with Crippen molar-refractivity contribution >= 4 is 5.69 Å². The van der Waals surface area contributed by atoms with Gasteiger partial charge in [-0.2, -0.15) is 0 Å². The lowest BCUT2D eigenvalue weighted by molar-refractivity contribution is 0.299. The Morgan fingerprint density at radius 1 is 0.846 bits per heavy atom. The van der Waals surface area contributed by atoms with Gasteiger partial charge in [0.05, 0.1) is 6.61 Å². The van der Waals surface area contributed by atoms with Gasteiger partial charge in [-0.05, 0) is 55.0 Å². The summed E-state index contributed by atoms with van der Waals surface area (Å²) in [5.41, 5.74) is 2.65. The molecule has 26 heavy (non-hydrogen) atoms. The van der Waals surface area contributed by atoms with E-state index in [9.17, 15) is 4.39 Å². The lowest BCUT2D eigenvalue weighted by atomic mass is 10.2. The number of halogens is 1. The molecule has 0 fully saturated rings. The average Bonchev–Trinajstić information content (AvgIpc) is 2.67. The van der Waals surface area contributed by atoms with Crippen molar-refractivity contribution in [2.75, 3.05) is 11.9 Å². The fourth-order valence-corrected chi connectivity index (χ4v) is 2.56. The Balaban J connectivity index is 1.56. The molecule has 0 aliphatic heterocycles. The molecule has 0 saturated carbocycles. The van der Waals surface area contributed by atoms with Crippen LogP contribution in [0.3, 0.4) is 0 Å². The number of anilines is 1. The molecule has 0 aliphatic carbocycles. The molecule has 3 aromatic rings. The molecular formula is C22H22FNO2. The maximum absolute atomic E-state index is 13.7. The van der Waals surface area contributed by atoms with Crippen molar-refractivity contribution < 1.29 is 13.9 Å². The van der Waals surface area contributed by atoms with E-state index in [-0.39, 0.29) is 12.4 Å². The van der Waals surface area contributed by atoms with Crippen LogP contribution in [0.5, 0.6) is 11.5 Å². The van der Waals surface area contributed by atoms with Crippen LogP contribution in [0.25, 0.3) is 0 Å². The van der Waals surface area contributed by atoms with Crippen LogP contribution in [-0.2, 0) is 13.2 Å². The molecule has 0 spiro atoms. The Bertz CT molecular complexity index is 834. The summed E-state index contributed by atoms with van der Waals surface area (Å²) < 4.78 is 24.8. The molecule has 3 aromatic carbocycles. The van der Waals surface area contributed by atoms with Gasteiger partial charge >= 0.3 is 0 Å². The summed E-state index contributed by atoms with van der Waals surface area (Å²) >= 11 is 0. The highest BCUT2D eigenvalue weighted by atomic mass is 19.1. The van der Waals surface area contributed by atoms with Crippen molar-refractivity contribution in [1.82, 2.24) is 0 Å². The standard InChI is InChI=1S/C22H22FNO2/c1-2-25-20-12-10-19(11-13-20)24-15-17-6-5-8-21(14-17)26-16-18-7-3-4-9-22(18)23/h3-14,24H,2,15-16H2,1H3. The van der Waals surface area contributed by atoms with Crippen molar-refractivity contribution in [3.63, 3.8) is 0 Å². The Morgan fingerprint density at radius 2 is 1.65 bits per heavy atom. The smallest absolute Gasteiger partial charge is 0.129 e. The highest BCUT2D eigenvalue weighted by Crippen LogP contribution is 2.19. The van der Waals surface area contributed by atoms with Gasteiger partial charge in [-0.15, -0.1) is 0 Å². The van der Waals surface area contributed by atoms with E-state index in [1.807, 2.05) is 55.5 Å². The van der Waals surface area contributed by atoms with Crippen LogP contribution in [0, 0.1) is 5.82 Å². The largest absolute Gasteiger partial charge is 0.494 e. The highest BCUT2D eigenvalue weighted by molar-refractivity contribution is 5.47. The topological polar surface area (TPSA) is 30.5 Å². The summed E-state index contributed by atoms with van der Waals surface area (Å²) in [4.78, 5) is 0. The summed E-state index contributed by atoms with van der Waals surface area (Å²) in [6.45, 7) is 3.51. The monoisotopic (exact) mass is 351 g/mol. The zero-order chi connectivity index (χ0) is 18.2. The zero-order valence-corrected chi connectivity index (χ0v) is 14.7. The first kappa shape index (κ1) is 17.8. The number of hydrogen-bond donors (Lipinski definition) is 1. The molecule has 0 amide bonds. The first-order valence-corrected chi connectivity index (χ1v) is 8.66. The van der Waals surface area contributed by atoms with Gasteiger partial charge in [0.2, 0.25) is 0 Å². The number of nitrogens with one attached hydrogen (secondary N) is 1. The Kier molecular flexibility index (Phi) is 6.09. The zero-order valence-electron chi connectivity index (χ0n) is 14.7. The van der Waals surface area contributed by atoms with Crippen molar-refractivity contribution in [2.45, 2.75) is 20.1 Å². The minimum atomic E-state index is -0.249. The molecule has 0 bridgehead atoms. The molecule has 1 N–H and O–H groups in total. The van der Waals surface area contributed by atoms with Crippen LogP contribution in [0.4, 0.5) is 10.1 Å². The third kappa shape index (κ3) is 4.99. The molecule has 4 heteroatoms. The van der Waals surface area contributed by atoms with Crippen molar-refractivity contribution in [2.24, 2.45) is 0 Å². The number of ether oxygens (including phenoxy) is 2. The molecule has 0 unspecified atom stereocenters. The van der Waals surface area contributed by atoms with E-state index in [2.05, 4.69) is 5.32 Å². The Labute approximate surface area is 153 Å². The van der Waals surface area contributed by atoms with Gasteiger partial charge in [0.15, 0.2) is 0 Å². The molecule has 3 nitrogen and oxygen atoms in total. The van der Waals surface area contributed by atoms with Gasteiger partial charge in [-0.25, -0.2) is 4.39 Å². The maximum Gasteiger partial charge on any atom is 0.129 e. The van der Waals surface area contributed by atoms with Gasteiger partial charge in [0, 0.05) is 17.8 Å². The first-order valence-electron chi connectivity index (χ1n) is 8.66. The van der Waals surface area contributed by atoms with Crippen LogP contribution < -0.4 is 14.8 Å². The summed E-state index contributed by atoms with van der Waals surface area (Å²) in [5.74, 6) is 1.33. The fraction of sp³-hybridized carbons (Fsp3) is 0.182. The Morgan fingerprint density at radius 3 is 2.42 bits per heavy atom. The maximum atomic E-state index is 13.7. The first-order chi connectivity index (χ1) is 12.7. The minimum absolute atomic E-state index is 0.211. The fourth-order valence-electron chi connectivity index (χ4n) is 2.56. The molecule has 0 radical (unpaired) electrons. The third-order valence-corrected chi connectivity index (χ3v) is 3.91. The van der Waals surface area contributed by atoms with Crippen molar-refractivity contribution in [3.05, 3.63) is 89.7 Å². The molecule has 134 valence electrons. The van der Waals surface area contributed by atoms with E-state index in [4.69, 9.17) is 9.47 Å². The molecule has 0 aliphatic rings. The molecule has 0 heterocycles. The second-order valence-corrected chi connectivity index (χ2v) is 5.84. The van der Waals surface area contributed by atoms with Gasteiger partial charge in [-0.1, -0.05) is 30.3 Å². The molecule has 0 saturated heterocycles. The van der Waals surface area contributed by atoms with Gasteiger partial charge in [0.25, 0.3) is 0 Å². The van der Waals surface area contributed by atoms with E-state index in [1.54, 1.807) is 18.2 Å². The van der Waals surface area contributed by atoms with Crippen LogP contribution in [0.1, 0.15) is 18.1 Å². The molecule has 0 atom stereocenters.